The topological polar surface area (TPSA) is 21.3 Å². The van der Waals surface area contributed by atoms with E-state index in [2.05, 4.69) is 49.8 Å². The van der Waals surface area contributed by atoms with E-state index in [1.54, 1.807) is 11.3 Å². The lowest BCUT2D eigenvalue weighted by atomic mass is 9.64. The molecule has 1 saturated carbocycles. The van der Waals surface area contributed by atoms with Crippen molar-refractivity contribution in [3.63, 3.8) is 0 Å². The SMILES string of the molecule is CC(C)COC1CC(Nc2ccsc2)C1(C)C. The fourth-order valence-electron chi connectivity index (χ4n) is 2.27. The molecule has 2 rings (SSSR count). The lowest BCUT2D eigenvalue weighted by molar-refractivity contribution is -0.108. The molecule has 3 heteroatoms. The summed E-state index contributed by atoms with van der Waals surface area (Å²) in [5.41, 5.74) is 1.48. The van der Waals surface area contributed by atoms with Crippen molar-refractivity contribution in [3.05, 3.63) is 16.8 Å². The maximum Gasteiger partial charge on any atom is 0.0665 e. The van der Waals surface area contributed by atoms with Gasteiger partial charge in [0.1, 0.15) is 0 Å². The summed E-state index contributed by atoms with van der Waals surface area (Å²) in [7, 11) is 0. The van der Waals surface area contributed by atoms with Crippen molar-refractivity contribution >= 4 is 17.0 Å². The monoisotopic (exact) mass is 253 g/mol. The summed E-state index contributed by atoms with van der Waals surface area (Å²) in [6.07, 6.45) is 1.52. The molecule has 0 radical (unpaired) electrons. The van der Waals surface area contributed by atoms with Gasteiger partial charge < -0.3 is 10.1 Å². The van der Waals surface area contributed by atoms with Crippen molar-refractivity contribution < 1.29 is 4.74 Å². The largest absolute Gasteiger partial charge is 0.381 e. The third-order valence-electron chi connectivity index (χ3n) is 3.67. The summed E-state index contributed by atoms with van der Waals surface area (Å²) < 4.78 is 5.97. The van der Waals surface area contributed by atoms with E-state index in [-0.39, 0.29) is 5.41 Å². The average molecular weight is 253 g/mol. The van der Waals surface area contributed by atoms with Gasteiger partial charge in [0, 0.05) is 29.1 Å². The van der Waals surface area contributed by atoms with Crippen molar-refractivity contribution in [2.75, 3.05) is 11.9 Å². The van der Waals surface area contributed by atoms with Gasteiger partial charge in [-0.2, -0.15) is 11.3 Å². The molecule has 0 aliphatic heterocycles. The van der Waals surface area contributed by atoms with Crippen LogP contribution < -0.4 is 5.32 Å². The highest BCUT2D eigenvalue weighted by Crippen LogP contribution is 2.44. The predicted molar refractivity (Wildman–Crippen MR) is 74.7 cm³/mol. The van der Waals surface area contributed by atoms with E-state index >= 15 is 0 Å². The number of thiophene rings is 1. The quantitative estimate of drug-likeness (QED) is 0.856. The van der Waals surface area contributed by atoms with Crippen LogP contribution in [0.1, 0.15) is 34.1 Å². The summed E-state index contributed by atoms with van der Waals surface area (Å²) in [4.78, 5) is 0. The summed E-state index contributed by atoms with van der Waals surface area (Å²) in [5, 5.41) is 7.87. The zero-order valence-corrected chi connectivity index (χ0v) is 12.0. The molecular formula is C14H23NOS. The fourth-order valence-corrected chi connectivity index (χ4v) is 2.87. The fraction of sp³-hybridized carbons (Fsp3) is 0.714. The van der Waals surface area contributed by atoms with E-state index < -0.39 is 0 Å². The van der Waals surface area contributed by atoms with Crippen molar-refractivity contribution in [2.45, 2.75) is 46.3 Å². The van der Waals surface area contributed by atoms with E-state index in [4.69, 9.17) is 4.74 Å². The minimum Gasteiger partial charge on any atom is -0.381 e. The van der Waals surface area contributed by atoms with Crippen molar-refractivity contribution in [3.8, 4) is 0 Å². The molecule has 2 atom stereocenters. The van der Waals surface area contributed by atoms with Crippen LogP contribution in [0, 0.1) is 11.3 Å². The standard InChI is InChI=1S/C14H23NOS/c1-10(2)8-16-13-7-12(14(13,3)4)15-11-5-6-17-9-11/h5-6,9-10,12-13,15H,7-8H2,1-4H3. The van der Waals surface area contributed by atoms with Gasteiger partial charge in [0.25, 0.3) is 0 Å². The van der Waals surface area contributed by atoms with Crippen LogP contribution in [0.3, 0.4) is 0 Å². The highest BCUT2D eigenvalue weighted by atomic mass is 32.1. The first-order valence-electron chi connectivity index (χ1n) is 6.40. The van der Waals surface area contributed by atoms with Gasteiger partial charge in [-0.05, 0) is 23.8 Å². The molecule has 0 saturated heterocycles. The van der Waals surface area contributed by atoms with Gasteiger partial charge in [-0.15, -0.1) is 0 Å². The molecule has 0 aromatic carbocycles. The van der Waals surface area contributed by atoms with Gasteiger partial charge in [0.05, 0.1) is 6.10 Å². The van der Waals surface area contributed by atoms with E-state index in [1.165, 1.54) is 5.69 Å². The normalized spacial score (nSPS) is 26.9. The van der Waals surface area contributed by atoms with Crippen molar-refractivity contribution in [1.29, 1.82) is 0 Å². The minimum absolute atomic E-state index is 0.233. The molecular weight excluding hydrogens is 230 g/mol. The Kier molecular flexibility index (Phi) is 3.79. The molecule has 1 aromatic heterocycles. The zero-order valence-electron chi connectivity index (χ0n) is 11.2. The van der Waals surface area contributed by atoms with Crippen LogP contribution in [0.4, 0.5) is 5.69 Å². The first-order chi connectivity index (χ1) is 8.00. The van der Waals surface area contributed by atoms with Gasteiger partial charge in [-0.1, -0.05) is 27.7 Å². The number of hydrogen-bond donors (Lipinski definition) is 1. The Morgan fingerprint density at radius 2 is 2.29 bits per heavy atom. The Balaban J connectivity index is 1.84. The van der Waals surface area contributed by atoms with Crippen LogP contribution in [0.2, 0.25) is 0 Å². The molecule has 17 heavy (non-hydrogen) atoms. The smallest absolute Gasteiger partial charge is 0.0665 e. The van der Waals surface area contributed by atoms with Crippen LogP contribution in [-0.4, -0.2) is 18.8 Å². The number of rotatable bonds is 5. The molecule has 0 spiro atoms. The van der Waals surface area contributed by atoms with Crippen LogP contribution in [0.5, 0.6) is 0 Å². The molecule has 1 aliphatic carbocycles. The first kappa shape index (κ1) is 12.9. The molecule has 1 N–H and O–H groups in total. The molecule has 1 aliphatic rings. The Hall–Kier alpha value is -0.540. The summed E-state index contributed by atoms with van der Waals surface area (Å²) in [6.45, 7) is 9.87. The highest BCUT2D eigenvalue weighted by Gasteiger charge is 2.49. The Morgan fingerprint density at radius 3 is 2.82 bits per heavy atom. The second-order valence-electron chi connectivity index (χ2n) is 5.98. The minimum atomic E-state index is 0.233. The third-order valence-corrected chi connectivity index (χ3v) is 4.35. The number of anilines is 1. The van der Waals surface area contributed by atoms with E-state index in [9.17, 15) is 0 Å². The Bertz CT molecular complexity index is 345. The van der Waals surface area contributed by atoms with Gasteiger partial charge in [0.15, 0.2) is 0 Å². The van der Waals surface area contributed by atoms with Gasteiger partial charge in [-0.3, -0.25) is 0 Å². The van der Waals surface area contributed by atoms with Crippen molar-refractivity contribution in [2.24, 2.45) is 11.3 Å². The van der Waals surface area contributed by atoms with Gasteiger partial charge in [0.2, 0.25) is 0 Å². The number of ether oxygens (including phenoxy) is 1. The third kappa shape index (κ3) is 2.83. The molecule has 1 fully saturated rings. The number of nitrogens with one attached hydrogen (secondary N) is 1. The highest BCUT2D eigenvalue weighted by molar-refractivity contribution is 7.08. The molecule has 2 unspecified atom stereocenters. The predicted octanol–water partition coefficient (Wildman–Crippen LogP) is 4.00. The Labute approximate surface area is 108 Å². The van der Waals surface area contributed by atoms with E-state index in [0.29, 0.717) is 18.1 Å². The van der Waals surface area contributed by atoms with Crippen LogP contribution in [-0.2, 0) is 4.74 Å². The summed E-state index contributed by atoms with van der Waals surface area (Å²) in [5.74, 6) is 0.620. The van der Waals surface area contributed by atoms with Gasteiger partial charge in [-0.25, -0.2) is 0 Å². The second kappa shape index (κ2) is 4.99. The van der Waals surface area contributed by atoms with E-state index in [0.717, 1.165) is 13.0 Å². The lowest BCUT2D eigenvalue weighted by Crippen LogP contribution is -2.58. The lowest BCUT2D eigenvalue weighted by Gasteiger charge is -2.52. The van der Waals surface area contributed by atoms with Crippen LogP contribution >= 0.6 is 11.3 Å². The summed E-state index contributed by atoms with van der Waals surface area (Å²) in [6, 6.07) is 2.68. The van der Waals surface area contributed by atoms with Crippen LogP contribution in [0.25, 0.3) is 0 Å². The van der Waals surface area contributed by atoms with Gasteiger partial charge >= 0.3 is 0 Å². The zero-order chi connectivity index (χ0) is 12.5. The number of hydrogen-bond acceptors (Lipinski definition) is 3. The maximum absolute atomic E-state index is 5.97. The summed E-state index contributed by atoms with van der Waals surface area (Å²) >= 11 is 1.74. The first-order valence-corrected chi connectivity index (χ1v) is 7.34. The van der Waals surface area contributed by atoms with Crippen LogP contribution in [0.15, 0.2) is 16.8 Å². The van der Waals surface area contributed by atoms with Crippen molar-refractivity contribution in [1.82, 2.24) is 0 Å². The Morgan fingerprint density at radius 1 is 1.53 bits per heavy atom. The molecule has 2 nitrogen and oxygen atoms in total. The molecule has 0 bridgehead atoms. The molecule has 0 amide bonds. The molecule has 1 aromatic rings. The molecule has 96 valence electrons. The maximum atomic E-state index is 5.97. The molecule has 1 heterocycles. The average Bonchev–Trinajstić information content (AvgIpc) is 2.74. The van der Waals surface area contributed by atoms with E-state index in [1.807, 2.05) is 0 Å². The second-order valence-corrected chi connectivity index (χ2v) is 6.76.